The number of nitrogens with one attached hydrogen (secondary N) is 1. The van der Waals surface area contributed by atoms with Gasteiger partial charge in [0.2, 0.25) is 0 Å². The molecule has 0 aliphatic carbocycles. The maximum absolute atomic E-state index is 11.3. The van der Waals surface area contributed by atoms with E-state index in [4.69, 9.17) is 14.2 Å². The average Bonchev–Trinajstić information content (AvgIpc) is 2.17. The molecular weight excluding hydrogens is 162 g/mol. The number of rotatable bonds is 2. The molecule has 0 aromatic carbocycles. The highest BCUT2D eigenvalue weighted by molar-refractivity contribution is 5.83. The van der Waals surface area contributed by atoms with Gasteiger partial charge in [-0.05, 0) is 0 Å². The van der Waals surface area contributed by atoms with Crippen molar-refractivity contribution in [2.45, 2.75) is 5.79 Å². The minimum Gasteiger partial charge on any atom is -0.373 e. The first-order valence-electron chi connectivity index (χ1n) is 3.74. The summed E-state index contributed by atoms with van der Waals surface area (Å²) in [5.41, 5.74) is 0. The van der Waals surface area contributed by atoms with Crippen LogP contribution in [0.5, 0.6) is 0 Å². The van der Waals surface area contributed by atoms with E-state index in [2.05, 4.69) is 5.32 Å². The van der Waals surface area contributed by atoms with Gasteiger partial charge in [-0.25, -0.2) is 0 Å². The lowest BCUT2D eigenvalue weighted by molar-refractivity contribution is -0.267. The van der Waals surface area contributed by atoms with E-state index in [0.717, 1.165) is 0 Å². The second kappa shape index (κ2) is 3.84. The second-order valence-electron chi connectivity index (χ2n) is 2.44. The quantitative estimate of drug-likeness (QED) is 0.592. The van der Waals surface area contributed by atoms with Crippen LogP contribution in [0.4, 0.5) is 0 Å². The number of amides is 1. The summed E-state index contributed by atoms with van der Waals surface area (Å²) < 4.78 is 15.3. The topological polar surface area (TPSA) is 56.8 Å². The fourth-order valence-corrected chi connectivity index (χ4v) is 1.05. The molecule has 0 radical (unpaired) electrons. The summed E-state index contributed by atoms with van der Waals surface area (Å²) in [7, 11) is 2.95. The van der Waals surface area contributed by atoms with Gasteiger partial charge in [0.15, 0.2) is 0 Å². The second-order valence-corrected chi connectivity index (χ2v) is 2.44. The van der Waals surface area contributed by atoms with E-state index in [-0.39, 0.29) is 12.5 Å². The summed E-state index contributed by atoms with van der Waals surface area (Å²) in [5, 5.41) is 2.46. The van der Waals surface area contributed by atoms with Crippen LogP contribution in [0.3, 0.4) is 0 Å². The maximum Gasteiger partial charge on any atom is 0.282 e. The van der Waals surface area contributed by atoms with Crippen LogP contribution < -0.4 is 5.32 Å². The highest BCUT2D eigenvalue weighted by Crippen LogP contribution is 2.16. The summed E-state index contributed by atoms with van der Waals surface area (Å²) in [6, 6.07) is 0. The molecule has 1 heterocycles. The number of hydrogen-bond donors (Lipinski definition) is 1. The zero-order valence-electron chi connectivity index (χ0n) is 7.25. The lowest BCUT2D eigenvalue weighted by Crippen LogP contribution is -2.55. The molecular formula is C7H13NO4. The third-order valence-corrected chi connectivity index (χ3v) is 1.76. The van der Waals surface area contributed by atoms with Gasteiger partial charge in [-0.2, -0.15) is 0 Å². The van der Waals surface area contributed by atoms with Crippen LogP contribution in [-0.4, -0.2) is 45.7 Å². The van der Waals surface area contributed by atoms with Gasteiger partial charge in [-0.3, -0.25) is 4.79 Å². The van der Waals surface area contributed by atoms with Crippen LogP contribution in [0.25, 0.3) is 0 Å². The van der Waals surface area contributed by atoms with Crippen molar-refractivity contribution in [2.24, 2.45) is 0 Å². The molecule has 0 bridgehead atoms. The van der Waals surface area contributed by atoms with Crippen molar-refractivity contribution in [3.63, 3.8) is 0 Å². The molecule has 1 N–H and O–H groups in total. The molecule has 1 atom stereocenters. The van der Waals surface area contributed by atoms with E-state index in [0.29, 0.717) is 13.2 Å². The lowest BCUT2D eigenvalue weighted by Gasteiger charge is -2.33. The molecule has 0 aromatic rings. The molecule has 0 spiro atoms. The van der Waals surface area contributed by atoms with Crippen LogP contribution >= 0.6 is 0 Å². The Bertz CT molecular complexity index is 165. The highest BCUT2D eigenvalue weighted by atomic mass is 16.7. The van der Waals surface area contributed by atoms with Crippen molar-refractivity contribution in [3.05, 3.63) is 0 Å². The normalized spacial score (nSPS) is 29.8. The minimum atomic E-state index is -1.24. The Morgan fingerprint density at radius 2 is 2.33 bits per heavy atom. The number of ether oxygens (including phenoxy) is 3. The van der Waals surface area contributed by atoms with Crippen molar-refractivity contribution in [1.82, 2.24) is 5.32 Å². The van der Waals surface area contributed by atoms with E-state index >= 15 is 0 Å². The summed E-state index contributed by atoms with van der Waals surface area (Å²) >= 11 is 0. The molecule has 1 aliphatic rings. The van der Waals surface area contributed by atoms with Crippen molar-refractivity contribution in [3.8, 4) is 0 Å². The number of carbonyl (C=O) groups excluding carboxylic acids is 1. The zero-order valence-corrected chi connectivity index (χ0v) is 7.25. The summed E-state index contributed by atoms with van der Waals surface area (Å²) in [6.45, 7) is 1.02. The van der Waals surface area contributed by atoms with E-state index < -0.39 is 5.79 Å². The maximum atomic E-state index is 11.3. The van der Waals surface area contributed by atoms with E-state index in [1.54, 1.807) is 0 Å². The molecule has 12 heavy (non-hydrogen) atoms. The van der Waals surface area contributed by atoms with Gasteiger partial charge in [0.25, 0.3) is 11.7 Å². The standard InChI is InChI=1S/C7H13NO4/c1-8-6(9)7(10-2)5-11-3-4-12-7/h3-5H2,1-2H3,(H,8,9). The molecule has 1 aliphatic heterocycles. The SMILES string of the molecule is CNC(=O)C1(OC)COCCO1. The van der Waals surface area contributed by atoms with Crippen LogP contribution in [0.15, 0.2) is 0 Å². The third kappa shape index (κ3) is 1.57. The van der Waals surface area contributed by atoms with Gasteiger partial charge in [-0.1, -0.05) is 0 Å². The first-order valence-corrected chi connectivity index (χ1v) is 3.74. The van der Waals surface area contributed by atoms with Crippen LogP contribution in [0.2, 0.25) is 0 Å². The zero-order chi connectivity index (χ0) is 9.03. The molecule has 5 nitrogen and oxygen atoms in total. The fraction of sp³-hybridized carbons (Fsp3) is 0.857. The predicted molar refractivity (Wildman–Crippen MR) is 40.6 cm³/mol. The average molecular weight is 175 g/mol. The molecule has 1 rings (SSSR count). The molecule has 1 saturated heterocycles. The smallest absolute Gasteiger partial charge is 0.282 e. The van der Waals surface area contributed by atoms with Gasteiger partial charge >= 0.3 is 0 Å². The number of carbonyl (C=O) groups is 1. The van der Waals surface area contributed by atoms with Gasteiger partial charge in [0, 0.05) is 14.2 Å². The molecule has 1 unspecified atom stereocenters. The molecule has 5 heteroatoms. The summed E-state index contributed by atoms with van der Waals surface area (Å²) in [4.78, 5) is 11.3. The molecule has 1 fully saturated rings. The Morgan fingerprint density at radius 3 is 2.75 bits per heavy atom. The first-order chi connectivity index (χ1) is 5.75. The van der Waals surface area contributed by atoms with Crippen molar-refractivity contribution >= 4 is 5.91 Å². The Morgan fingerprint density at radius 1 is 1.58 bits per heavy atom. The van der Waals surface area contributed by atoms with Gasteiger partial charge < -0.3 is 19.5 Å². The fourth-order valence-electron chi connectivity index (χ4n) is 1.05. The summed E-state index contributed by atoms with van der Waals surface area (Å²) in [6.07, 6.45) is 0. The summed E-state index contributed by atoms with van der Waals surface area (Å²) in [5.74, 6) is -1.56. The number of hydrogen-bond acceptors (Lipinski definition) is 4. The largest absolute Gasteiger partial charge is 0.373 e. The van der Waals surface area contributed by atoms with Gasteiger partial charge in [-0.15, -0.1) is 0 Å². The lowest BCUT2D eigenvalue weighted by atomic mass is 10.2. The van der Waals surface area contributed by atoms with Crippen molar-refractivity contribution < 1.29 is 19.0 Å². The van der Waals surface area contributed by atoms with Crippen LogP contribution in [0, 0.1) is 0 Å². The highest BCUT2D eigenvalue weighted by Gasteiger charge is 2.41. The molecule has 0 saturated carbocycles. The Labute approximate surface area is 71.0 Å². The minimum absolute atomic E-state index is 0.142. The predicted octanol–water partition coefficient (Wildman–Crippen LogP) is -0.878. The van der Waals surface area contributed by atoms with Crippen molar-refractivity contribution in [2.75, 3.05) is 34.0 Å². The number of likely N-dealkylation sites (N-methyl/N-ethyl adjacent to an activating group) is 1. The van der Waals surface area contributed by atoms with E-state index in [1.807, 2.05) is 0 Å². The van der Waals surface area contributed by atoms with Crippen LogP contribution in [0.1, 0.15) is 0 Å². The van der Waals surface area contributed by atoms with Crippen LogP contribution in [-0.2, 0) is 19.0 Å². The van der Waals surface area contributed by atoms with Gasteiger partial charge in [0.1, 0.15) is 6.61 Å². The van der Waals surface area contributed by atoms with Gasteiger partial charge in [0.05, 0.1) is 13.2 Å². The molecule has 70 valence electrons. The van der Waals surface area contributed by atoms with E-state index in [1.165, 1.54) is 14.2 Å². The monoisotopic (exact) mass is 175 g/mol. The first kappa shape index (κ1) is 9.44. The number of methoxy groups -OCH3 is 1. The van der Waals surface area contributed by atoms with Crippen molar-refractivity contribution in [1.29, 1.82) is 0 Å². The Kier molecular flexibility index (Phi) is 3.02. The van der Waals surface area contributed by atoms with E-state index in [9.17, 15) is 4.79 Å². The third-order valence-electron chi connectivity index (χ3n) is 1.76. The Balaban J connectivity index is 2.66. The Hall–Kier alpha value is -0.650. The molecule has 0 aromatic heterocycles. The molecule has 1 amide bonds.